The van der Waals surface area contributed by atoms with Crippen LogP contribution in [0.5, 0.6) is 0 Å². The van der Waals surface area contributed by atoms with Crippen molar-refractivity contribution in [3.63, 3.8) is 0 Å². The predicted octanol–water partition coefficient (Wildman–Crippen LogP) is 7.20. The van der Waals surface area contributed by atoms with Crippen molar-refractivity contribution in [2.24, 2.45) is 13.0 Å². The molecule has 1 aliphatic carbocycles. The Labute approximate surface area is 189 Å². The number of esters is 1. The number of ether oxygens (including phenoxy) is 1. The summed E-state index contributed by atoms with van der Waals surface area (Å²) >= 11 is 0. The molecule has 3 nitrogen and oxygen atoms in total. The number of nitrogens with zero attached hydrogens (tertiary/aromatic N) is 1. The van der Waals surface area contributed by atoms with Gasteiger partial charge in [0.15, 0.2) is 0 Å². The normalized spacial score (nSPS) is 15.9. The van der Waals surface area contributed by atoms with Gasteiger partial charge in [0.25, 0.3) is 0 Å². The van der Waals surface area contributed by atoms with Crippen molar-refractivity contribution < 1.29 is 9.53 Å². The summed E-state index contributed by atoms with van der Waals surface area (Å²) in [4.78, 5) is 12.5. The summed E-state index contributed by atoms with van der Waals surface area (Å²) in [6, 6.07) is 9.07. The van der Waals surface area contributed by atoms with Crippen molar-refractivity contribution in [1.29, 1.82) is 0 Å². The van der Waals surface area contributed by atoms with E-state index in [2.05, 4.69) is 70.4 Å². The zero-order valence-corrected chi connectivity index (χ0v) is 20.9. The van der Waals surface area contributed by atoms with Crippen LogP contribution in [0.3, 0.4) is 0 Å². The van der Waals surface area contributed by atoms with Gasteiger partial charge in [-0.05, 0) is 45.9 Å². The zero-order valence-electron chi connectivity index (χ0n) is 20.9. The molecule has 1 aliphatic rings. The Morgan fingerprint density at radius 3 is 1.97 bits per heavy atom. The second-order valence-corrected chi connectivity index (χ2v) is 11.4. The number of carbonyl (C=O) groups is 1. The molecule has 170 valence electrons. The first-order valence-corrected chi connectivity index (χ1v) is 11.8. The Morgan fingerprint density at radius 2 is 1.48 bits per heavy atom. The third kappa shape index (κ3) is 5.25. The van der Waals surface area contributed by atoms with Gasteiger partial charge >= 0.3 is 5.97 Å². The summed E-state index contributed by atoms with van der Waals surface area (Å²) in [5, 5.41) is 0. The highest BCUT2D eigenvalue weighted by molar-refractivity contribution is 5.90. The van der Waals surface area contributed by atoms with Gasteiger partial charge < -0.3 is 9.30 Å². The summed E-state index contributed by atoms with van der Waals surface area (Å²) in [6.07, 6.45) is 7.59. The van der Waals surface area contributed by atoms with E-state index in [9.17, 15) is 4.79 Å². The van der Waals surface area contributed by atoms with Crippen molar-refractivity contribution in [3.8, 4) is 11.1 Å². The maximum absolute atomic E-state index is 12.5. The third-order valence-corrected chi connectivity index (χ3v) is 6.94. The quantitative estimate of drug-likeness (QED) is 0.487. The van der Waals surface area contributed by atoms with Crippen LogP contribution in [0.15, 0.2) is 24.3 Å². The number of rotatable bonds is 4. The Balaban J connectivity index is 2.19. The minimum absolute atomic E-state index is 0.0551. The van der Waals surface area contributed by atoms with Crippen LogP contribution in [0.25, 0.3) is 11.1 Å². The highest BCUT2D eigenvalue weighted by Crippen LogP contribution is 2.38. The molecular formula is C28H41NO2. The molecule has 1 fully saturated rings. The standard InChI is InChI=1S/C28H41NO2/c1-27(2,3)21-15-20(16-22(17-21)28(4,5)6)23-18-25(26(30)31-8)29(7)24(23)14-19-12-10-9-11-13-19/h15-19H,9-14H2,1-8H3. The monoisotopic (exact) mass is 423 g/mol. The zero-order chi connectivity index (χ0) is 23.0. The van der Waals surface area contributed by atoms with E-state index >= 15 is 0 Å². The van der Waals surface area contributed by atoms with E-state index in [0.717, 1.165) is 6.42 Å². The van der Waals surface area contributed by atoms with Crippen LogP contribution >= 0.6 is 0 Å². The molecule has 0 aliphatic heterocycles. The fourth-order valence-electron chi connectivity index (χ4n) is 4.75. The molecule has 0 saturated heterocycles. The van der Waals surface area contributed by atoms with E-state index in [1.54, 1.807) is 0 Å². The maximum atomic E-state index is 12.5. The smallest absolute Gasteiger partial charge is 0.354 e. The van der Waals surface area contributed by atoms with E-state index in [1.165, 1.54) is 67.2 Å². The summed E-state index contributed by atoms with van der Waals surface area (Å²) in [5.74, 6) is 0.432. The van der Waals surface area contributed by atoms with E-state index in [1.807, 2.05) is 7.05 Å². The molecule has 1 heterocycles. The Morgan fingerprint density at radius 1 is 0.935 bits per heavy atom. The summed E-state index contributed by atoms with van der Waals surface area (Å²) in [6.45, 7) is 13.6. The molecule has 1 saturated carbocycles. The minimum Gasteiger partial charge on any atom is -0.464 e. The number of benzene rings is 1. The van der Waals surface area contributed by atoms with Gasteiger partial charge in [0.05, 0.1) is 7.11 Å². The van der Waals surface area contributed by atoms with E-state index < -0.39 is 0 Å². The van der Waals surface area contributed by atoms with Crippen molar-refractivity contribution in [3.05, 3.63) is 46.8 Å². The molecule has 0 unspecified atom stereocenters. The highest BCUT2D eigenvalue weighted by Gasteiger charge is 2.26. The van der Waals surface area contributed by atoms with Gasteiger partial charge in [0.2, 0.25) is 0 Å². The molecule has 1 aromatic carbocycles. The summed E-state index contributed by atoms with van der Waals surface area (Å²) in [5.41, 5.74) is 7.09. The SMILES string of the molecule is COC(=O)c1cc(-c2cc(C(C)(C)C)cc(C(C)(C)C)c2)c(CC2CCCCC2)n1C. The fraction of sp³-hybridized carbons (Fsp3) is 0.607. The van der Waals surface area contributed by atoms with Crippen LogP contribution in [0.2, 0.25) is 0 Å². The molecule has 2 aromatic rings. The molecule has 1 aromatic heterocycles. The lowest BCUT2D eigenvalue weighted by Crippen LogP contribution is -2.17. The third-order valence-electron chi connectivity index (χ3n) is 6.94. The van der Waals surface area contributed by atoms with Gasteiger partial charge in [-0.3, -0.25) is 0 Å². The first kappa shape index (κ1) is 23.6. The van der Waals surface area contributed by atoms with Gasteiger partial charge in [0.1, 0.15) is 5.69 Å². The molecule has 3 rings (SSSR count). The molecule has 0 atom stereocenters. The van der Waals surface area contributed by atoms with Crippen LogP contribution in [-0.2, 0) is 29.0 Å². The molecule has 0 bridgehead atoms. The first-order valence-electron chi connectivity index (χ1n) is 11.8. The summed E-state index contributed by atoms with van der Waals surface area (Å²) in [7, 11) is 3.49. The Bertz CT molecular complexity index is 899. The van der Waals surface area contributed by atoms with E-state index in [0.29, 0.717) is 11.6 Å². The maximum Gasteiger partial charge on any atom is 0.354 e. The van der Waals surface area contributed by atoms with Gasteiger partial charge in [0, 0.05) is 18.3 Å². The second-order valence-electron chi connectivity index (χ2n) is 11.4. The van der Waals surface area contributed by atoms with Crippen molar-refractivity contribution >= 4 is 5.97 Å². The van der Waals surface area contributed by atoms with Crippen LogP contribution < -0.4 is 0 Å². The number of methoxy groups -OCH3 is 1. The Hall–Kier alpha value is -2.03. The van der Waals surface area contributed by atoms with Gasteiger partial charge in [-0.2, -0.15) is 0 Å². The van der Waals surface area contributed by atoms with Gasteiger partial charge in [-0.1, -0.05) is 91.8 Å². The van der Waals surface area contributed by atoms with Crippen molar-refractivity contribution in [2.75, 3.05) is 7.11 Å². The molecule has 0 spiro atoms. The van der Waals surface area contributed by atoms with Crippen LogP contribution in [0.4, 0.5) is 0 Å². The molecule has 0 N–H and O–H groups in total. The lowest BCUT2D eigenvalue weighted by molar-refractivity contribution is 0.0589. The number of hydrogen-bond donors (Lipinski definition) is 0. The van der Waals surface area contributed by atoms with E-state index in [-0.39, 0.29) is 16.8 Å². The van der Waals surface area contributed by atoms with Crippen LogP contribution in [0.1, 0.15) is 101 Å². The molecule has 0 radical (unpaired) electrons. The largest absolute Gasteiger partial charge is 0.464 e. The van der Waals surface area contributed by atoms with Crippen LogP contribution in [-0.4, -0.2) is 17.6 Å². The molecule has 0 amide bonds. The molecule has 3 heteroatoms. The summed E-state index contributed by atoms with van der Waals surface area (Å²) < 4.78 is 7.19. The van der Waals surface area contributed by atoms with Crippen LogP contribution in [0, 0.1) is 5.92 Å². The molecular weight excluding hydrogens is 382 g/mol. The first-order chi connectivity index (χ1) is 14.4. The minimum atomic E-state index is -0.262. The number of hydrogen-bond acceptors (Lipinski definition) is 2. The topological polar surface area (TPSA) is 31.2 Å². The van der Waals surface area contributed by atoms with Gasteiger partial charge in [-0.15, -0.1) is 0 Å². The van der Waals surface area contributed by atoms with Crippen molar-refractivity contribution in [2.45, 2.75) is 90.9 Å². The average Bonchev–Trinajstić information content (AvgIpc) is 3.03. The number of carbonyl (C=O) groups excluding carboxylic acids is 1. The lowest BCUT2D eigenvalue weighted by atomic mass is 9.78. The van der Waals surface area contributed by atoms with E-state index in [4.69, 9.17) is 4.74 Å². The highest BCUT2D eigenvalue weighted by atomic mass is 16.5. The average molecular weight is 424 g/mol. The molecule has 31 heavy (non-hydrogen) atoms. The van der Waals surface area contributed by atoms with Crippen molar-refractivity contribution in [1.82, 2.24) is 4.57 Å². The predicted molar refractivity (Wildman–Crippen MR) is 130 cm³/mol. The van der Waals surface area contributed by atoms with Gasteiger partial charge in [-0.25, -0.2) is 4.79 Å². The number of aromatic nitrogens is 1. The Kier molecular flexibility index (Phi) is 6.74. The lowest BCUT2D eigenvalue weighted by Gasteiger charge is -2.27. The second kappa shape index (κ2) is 8.84. The fourth-order valence-corrected chi connectivity index (χ4v) is 4.75.